The third-order valence-electron chi connectivity index (χ3n) is 3.46. The molecule has 110 valence electrons. The van der Waals surface area contributed by atoms with Gasteiger partial charge in [0.1, 0.15) is 17.7 Å². The molecule has 21 heavy (non-hydrogen) atoms. The van der Waals surface area contributed by atoms with Crippen LogP contribution in [0, 0.1) is 6.92 Å². The van der Waals surface area contributed by atoms with Crippen LogP contribution in [-0.4, -0.2) is 39.1 Å². The lowest BCUT2D eigenvalue weighted by molar-refractivity contribution is 0.156. The van der Waals surface area contributed by atoms with E-state index in [4.69, 9.17) is 10.5 Å². The number of nitrogens with zero attached hydrogens (tertiary/aromatic N) is 5. The first-order valence-electron chi connectivity index (χ1n) is 6.99. The second kappa shape index (κ2) is 5.90. The normalized spacial score (nSPS) is 16.0. The summed E-state index contributed by atoms with van der Waals surface area (Å²) in [6, 6.07) is 1.99. The molecule has 0 unspecified atom stereocenters. The van der Waals surface area contributed by atoms with Crippen LogP contribution in [0.2, 0.25) is 0 Å². The van der Waals surface area contributed by atoms with Crippen LogP contribution in [0.15, 0.2) is 24.7 Å². The topological polar surface area (TPSA) is 90.0 Å². The smallest absolute Gasteiger partial charge is 0.318 e. The molecule has 0 aliphatic carbocycles. The number of aryl methyl sites for hydroxylation is 1. The van der Waals surface area contributed by atoms with Crippen LogP contribution in [0.3, 0.4) is 0 Å². The Morgan fingerprint density at radius 2 is 2.00 bits per heavy atom. The Morgan fingerprint density at radius 1 is 1.19 bits per heavy atom. The van der Waals surface area contributed by atoms with Crippen molar-refractivity contribution in [3.05, 3.63) is 30.4 Å². The molecule has 1 aliphatic heterocycles. The first-order chi connectivity index (χ1) is 10.2. The van der Waals surface area contributed by atoms with Crippen molar-refractivity contribution in [3.8, 4) is 6.01 Å². The maximum Gasteiger partial charge on any atom is 0.318 e. The van der Waals surface area contributed by atoms with Crippen LogP contribution in [0.4, 0.5) is 11.6 Å². The molecule has 0 aromatic carbocycles. The van der Waals surface area contributed by atoms with Crippen molar-refractivity contribution >= 4 is 11.6 Å². The standard InChI is InChI=1S/C14H18N6O/c1-10-8-18-13(9-17-10)20-6-3-11(4-7-20)21-14-16-5-2-12(15)19-14/h2,5,8-9,11H,3-4,6-7H2,1H3,(H2,15,16,19). The largest absolute Gasteiger partial charge is 0.460 e. The number of aromatic nitrogens is 4. The second-order valence-electron chi connectivity index (χ2n) is 5.08. The highest BCUT2D eigenvalue weighted by Gasteiger charge is 2.22. The van der Waals surface area contributed by atoms with Gasteiger partial charge in [0.05, 0.1) is 18.1 Å². The molecule has 1 aliphatic rings. The van der Waals surface area contributed by atoms with E-state index in [9.17, 15) is 0 Å². The minimum Gasteiger partial charge on any atom is -0.460 e. The Morgan fingerprint density at radius 3 is 2.67 bits per heavy atom. The van der Waals surface area contributed by atoms with E-state index in [1.54, 1.807) is 18.5 Å². The van der Waals surface area contributed by atoms with Crippen LogP contribution in [0.5, 0.6) is 6.01 Å². The minimum atomic E-state index is 0.112. The zero-order valence-electron chi connectivity index (χ0n) is 11.9. The highest BCUT2D eigenvalue weighted by atomic mass is 16.5. The van der Waals surface area contributed by atoms with Gasteiger partial charge in [-0.1, -0.05) is 0 Å². The number of hydrogen-bond acceptors (Lipinski definition) is 7. The van der Waals surface area contributed by atoms with E-state index in [1.165, 1.54) is 0 Å². The van der Waals surface area contributed by atoms with Gasteiger partial charge in [-0.25, -0.2) is 9.97 Å². The Hall–Kier alpha value is -2.44. The molecule has 3 heterocycles. The number of hydrogen-bond donors (Lipinski definition) is 1. The Balaban J connectivity index is 1.56. The van der Waals surface area contributed by atoms with Crippen LogP contribution >= 0.6 is 0 Å². The van der Waals surface area contributed by atoms with E-state index in [0.29, 0.717) is 11.8 Å². The third kappa shape index (κ3) is 3.36. The first-order valence-corrected chi connectivity index (χ1v) is 6.99. The molecular formula is C14H18N6O. The zero-order valence-corrected chi connectivity index (χ0v) is 11.9. The van der Waals surface area contributed by atoms with Crippen molar-refractivity contribution in [1.82, 2.24) is 19.9 Å². The Bertz CT molecular complexity index is 595. The van der Waals surface area contributed by atoms with E-state index in [1.807, 2.05) is 13.1 Å². The molecule has 0 amide bonds. The number of ether oxygens (including phenoxy) is 1. The minimum absolute atomic E-state index is 0.112. The molecule has 2 N–H and O–H groups in total. The molecule has 0 saturated carbocycles. The number of rotatable bonds is 3. The lowest BCUT2D eigenvalue weighted by atomic mass is 10.1. The fourth-order valence-corrected chi connectivity index (χ4v) is 2.31. The van der Waals surface area contributed by atoms with Gasteiger partial charge in [0.25, 0.3) is 0 Å². The molecule has 2 aromatic rings. The van der Waals surface area contributed by atoms with Gasteiger partial charge in [-0.2, -0.15) is 4.98 Å². The number of nitrogen functional groups attached to an aromatic ring is 1. The van der Waals surface area contributed by atoms with Gasteiger partial charge >= 0.3 is 6.01 Å². The predicted molar refractivity (Wildman–Crippen MR) is 79.1 cm³/mol. The highest BCUT2D eigenvalue weighted by Crippen LogP contribution is 2.20. The van der Waals surface area contributed by atoms with Gasteiger partial charge in [-0.15, -0.1) is 0 Å². The Kier molecular flexibility index (Phi) is 3.81. The second-order valence-corrected chi connectivity index (χ2v) is 5.08. The van der Waals surface area contributed by atoms with Gasteiger partial charge in [-0.3, -0.25) is 4.98 Å². The van der Waals surface area contributed by atoms with Crippen LogP contribution in [-0.2, 0) is 0 Å². The average molecular weight is 286 g/mol. The fraction of sp³-hybridized carbons (Fsp3) is 0.429. The molecular weight excluding hydrogens is 268 g/mol. The summed E-state index contributed by atoms with van der Waals surface area (Å²) in [4.78, 5) is 19.0. The SMILES string of the molecule is Cc1cnc(N2CCC(Oc3nccc(N)n3)CC2)cn1. The van der Waals surface area contributed by atoms with Crippen molar-refractivity contribution in [1.29, 1.82) is 0 Å². The third-order valence-corrected chi connectivity index (χ3v) is 3.46. The van der Waals surface area contributed by atoms with Gasteiger partial charge in [0.15, 0.2) is 0 Å². The lowest BCUT2D eigenvalue weighted by Crippen LogP contribution is -2.39. The maximum absolute atomic E-state index is 5.77. The Labute approximate surface area is 123 Å². The van der Waals surface area contributed by atoms with Crippen molar-refractivity contribution in [2.45, 2.75) is 25.9 Å². The fourth-order valence-electron chi connectivity index (χ4n) is 2.31. The molecule has 7 nitrogen and oxygen atoms in total. The van der Waals surface area contributed by atoms with E-state index < -0.39 is 0 Å². The summed E-state index contributed by atoms with van der Waals surface area (Å²) in [5, 5.41) is 0. The molecule has 1 saturated heterocycles. The van der Waals surface area contributed by atoms with Crippen molar-refractivity contribution in [2.24, 2.45) is 0 Å². The van der Waals surface area contributed by atoms with Gasteiger partial charge in [0.2, 0.25) is 0 Å². The monoisotopic (exact) mass is 286 g/mol. The van der Waals surface area contributed by atoms with E-state index in [2.05, 4.69) is 24.8 Å². The van der Waals surface area contributed by atoms with E-state index >= 15 is 0 Å². The number of piperidine rings is 1. The molecule has 0 bridgehead atoms. The summed E-state index contributed by atoms with van der Waals surface area (Å²) in [6.07, 6.45) is 7.12. The molecule has 1 fully saturated rings. The van der Waals surface area contributed by atoms with Crippen molar-refractivity contribution in [2.75, 3.05) is 23.7 Å². The van der Waals surface area contributed by atoms with Gasteiger partial charge in [0, 0.05) is 32.1 Å². The van der Waals surface area contributed by atoms with Gasteiger partial charge < -0.3 is 15.4 Å². The summed E-state index contributed by atoms with van der Waals surface area (Å²) in [6.45, 7) is 3.69. The highest BCUT2D eigenvalue weighted by molar-refractivity contribution is 5.36. The maximum atomic E-state index is 5.77. The molecule has 0 spiro atoms. The van der Waals surface area contributed by atoms with Crippen molar-refractivity contribution < 1.29 is 4.74 Å². The van der Waals surface area contributed by atoms with Crippen molar-refractivity contribution in [3.63, 3.8) is 0 Å². The summed E-state index contributed by atoms with van der Waals surface area (Å²) in [7, 11) is 0. The number of nitrogens with two attached hydrogens (primary N) is 1. The van der Waals surface area contributed by atoms with Gasteiger partial charge in [-0.05, 0) is 13.0 Å². The first kappa shape index (κ1) is 13.5. The molecule has 7 heteroatoms. The zero-order chi connectivity index (χ0) is 14.7. The van der Waals surface area contributed by atoms with E-state index in [-0.39, 0.29) is 6.10 Å². The van der Waals surface area contributed by atoms with E-state index in [0.717, 1.165) is 37.4 Å². The summed E-state index contributed by atoms with van der Waals surface area (Å²) >= 11 is 0. The number of anilines is 2. The quantitative estimate of drug-likeness (QED) is 0.906. The van der Waals surface area contributed by atoms with Crippen LogP contribution in [0.1, 0.15) is 18.5 Å². The molecule has 0 atom stereocenters. The lowest BCUT2D eigenvalue weighted by Gasteiger charge is -2.32. The molecule has 0 radical (unpaired) electrons. The summed E-state index contributed by atoms with van der Waals surface area (Å²) < 4.78 is 5.77. The average Bonchev–Trinajstić information content (AvgIpc) is 2.49. The molecule has 2 aromatic heterocycles. The predicted octanol–water partition coefficient (Wildman–Crippen LogP) is 1.21. The molecule has 3 rings (SSSR count). The van der Waals surface area contributed by atoms with Crippen LogP contribution in [0.25, 0.3) is 0 Å². The summed E-state index contributed by atoms with van der Waals surface area (Å²) in [5.41, 5.74) is 6.55. The summed E-state index contributed by atoms with van der Waals surface area (Å²) in [5.74, 6) is 1.34. The van der Waals surface area contributed by atoms with Crippen LogP contribution < -0.4 is 15.4 Å².